The third-order valence-electron chi connectivity index (χ3n) is 5.88. The van der Waals surface area contributed by atoms with Gasteiger partial charge in [0.1, 0.15) is 12.4 Å². The van der Waals surface area contributed by atoms with Gasteiger partial charge in [0.2, 0.25) is 5.96 Å². The molecule has 0 N–H and O–H groups in total. The van der Waals surface area contributed by atoms with Crippen LogP contribution in [0.15, 0.2) is 65.8 Å². The number of guanidine groups is 1. The Kier molecular flexibility index (Phi) is 4.85. The van der Waals surface area contributed by atoms with Gasteiger partial charge in [0.05, 0.1) is 12.8 Å². The van der Waals surface area contributed by atoms with Gasteiger partial charge < -0.3 is 9.64 Å². The van der Waals surface area contributed by atoms with Crippen LogP contribution in [0.4, 0.5) is 14.9 Å². The van der Waals surface area contributed by atoms with Crippen molar-refractivity contribution in [3.8, 4) is 0 Å². The zero-order valence-corrected chi connectivity index (χ0v) is 17.9. The lowest BCUT2D eigenvalue weighted by molar-refractivity contribution is -0.148. The molecule has 0 spiro atoms. The molecule has 2 unspecified atom stereocenters. The first-order valence-corrected chi connectivity index (χ1v) is 10.2. The predicted octanol–water partition coefficient (Wildman–Crippen LogP) is 2.08. The SMILES string of the molecule is COC(=O)CN1C(=O)C2C(N=C3N(c4ccc(F)cc4)C(c4ccccc4)=CN32)N(C)C1=O. The molecule has 5 rings (SSSR count). The van der Waals surface area contributed by atoms with E-state index in [9.17, 15) is 18.8 Å². The lowest BCUT2D eigenvalue weighted by Crippen LogP contribution is -2.65. The quantitative estimate of drug-likeness (QED) is 0.665. The molecule has 0 radical (unpaired) electrons. The number of carbonyl (C=O) groups excluding carboxylic acids is 3. The van der Waals surface area contributed by atoms with Gasteiger partial charge in [-0.1, -0.05) is 30.3 Å². The number of benzene rings is 2. The number of urea groups is 1. The number of fused-ring (bicyclic) bond motifs is 3. The minimum atomic E-state index is -0.850. The van der Waals surface area contributed by atoms with E-state index in [-0.39, 0.29) is 5.82 Å². The second-order valence-corrected chi connectivity index (χ2v) is 7.78. The Labute approximate surface area is 188 Å². The number of halogens is 1. The number of aliphatic imine (C=N–C) groups is 1. The Hall–Kier alpha value is -4.21. The highest BCUT2D eigenvalue weighted by atomic mass is 19.1. The number of hydrogen-bond donors (Lipinski definition) is 0. The van der Waals surface area contributed by atoms with Crippen LogP contribution in [-0.2, 0) is 14.3 Å². The number of imide groups is 1. The minimum Gasteiger partial charge on any atom is -0.468 e. The number of nitrogens with zero attached hydrogens (tertiary/aromatic N) is 5. The van der Waals surface area contributed by atoms with Crippen LogP contribution in [0.25, 0.3) is 5.70 Å². The van der Waals surface area contributed by atoms with Crippen molar-refractivity contribution in [1.82, 2.24) is 14.7 Å². The number of rotatable bonds is 4. The molecule has 3 aliphatic rings. The van der Waals surface area contributed by atoms with E-state index in [1.165, 1.54) is 31.2 Å². The fraction of sp³-hybridized carbons (Fsp3) is 0.217. The number of anilines is 1. The molecule has 2 aromatic rings. The van der Waals surface area contributed by atoms with Crippen LogP contribution in [0.1, 0.15) is 5.56 Å². The second kappa shape index (κ2) is 7.73. The topological polar surface area (TPSA) is 85.8 Å². The number of methoxy groups -OCH3 is 1. The lowest BCUT2D eigenvalue weighted by Gasteiger charge is -2.39. The first kappa shape index (κ1) is 20.7. The molecule has 0 bridgehead atoms. The third-order valence-corrected chi connectivity index (χ3v) is 5.88. The number of ether oxygens (including phenoxy) is 1. The summed E-state index contributed by atoms with van der Waals surface area (Å²) in [6, 6.07) is 14.0. The third kappa shape index (κ3) is 3.22. The Morgan fingerprint density at radius 3 is 2.45 bits per heavy atom. The number of carbonyl (C=O) groups is 3. The molecule has 3 aliphatic heterocycles. The van der Waals surface area contributed by atoms with E-state index in [4.69, 9.17) is 4.99 Å². The van der Waals surface area contributed by atoms with Crippen LogP contribution in [0.5, 0.6) is 0 Å². The monoisotopic (exact) mass is 449 g/mol. The van der Waals surface area contributed by atoms with Crippen molar-refractivity contribution in [2.75, 3.05) is 25.6 Å². The Morgan fingerprint density at radius 2 is 1.79 bits per heavy atom. The molecular formula is C23H20FN5O4. The van der Waals surface area contributed by atoms with Gasteiger partial charge in [-0.2, -0.15) is 0 Å². The molecular weight excluding hydrogens is 429 g/mol. The molecule has 10 heteroatoms. The van der Waals surface area contributed by atoms with Crippen molar-refractivity contribution >= 4 is 35.3 Å². The molecule has 2 aromatic carbocycles. The first-order chi connectivity index (χ1) is 15.9. The highest BCUT2D eigenvalue weighted by Gasteiger charge is 2.55. The summed E-state index contributed by atoms with van der Waals surface area (Å²) in [5, 5.41) is 0. The predicted molar refractivity (Wildman–Crippen MR) is 117 cm³/mol. The standard InChI is InChI=1S/C23H20FN5O4/c1-26-20-19(21(31)28(23(26)32)13-18(30)33-2)27-12-17(14-6-4-3-5-7-14)29(22(27)25-20)16-10-8-15(24)9-11-16/h3-12,19-20H,13H2,1-2H3. The summed E-state index contributed by atoms with van der Waals surface area (Å²) in [6.07, 6.45) is 1.02. The molecule has 0 saturated carbocycles. The average molecular weight is 449 g/mol. The second-order valence-electron chi connectivity index (χ2n) is 7.78. The van der Waals surface area contributed by atoms with E-state index in [0.717, 1.165) is 16.2 Å². The van der Waals surface area contributed by atoms with E-state index in [2.05, 4.69) is 4.74 Å². The normalized spacial score (nSPS) is 21.7. The molecule has 1 saturated heterocycles. The molecule has 1 fully saturated rings. The van der Waals surface area contributed by atoms with Crippen LogP contribution < -0.4 is 4.90 Å². The molecule has 0 aliphatic carbocycles. The van der Waals surface area contributed by atoms with Crippen LogP contribution >= 0.6 is 0 Å². The fourth-order valence-electron chi connectivity index (χ4n) is 4.23. The average Bonchev–Trinajstić information content (AvgIpc) is 3.38. The van der Waals surface area contributed by atoms with Crippen LogP contribution in [-0.4, -0.2) is 71.5 Å². The number of esters is 1. The van der Waals surface area contributed by atoms with E-state index in [1.807, 2.05) is 35.2 Å². The number of hydrogen-bond acceptors (Lipinski definition) is 7. The zero-order valence-electron chi connectivity index (χ0n) is 17.9. The summed E-state index contributed by atoms with van der Waals surface area (Å²) in [7, 11) is 2.73. The van der Waals surface area contributed by atoms with Crippen molar-refractivity contribution in [2.24, 2.45) is 4.99 Å². The van der Waals surface area contributed by atoms with Gasteiger partial charge in [0.25, 0.3) is 5.91 Å². The van der Waals surface area contributed by atoms with Gasteiger partial charge in [-0.3, -0.25) is 24.3 Å². The van der Waals surface area contributed by atoms with Gasteiger partial charge in [0.15, 0.2) is 12.2 Å². The smallest absolute Gasteiger partial charge is 0.328 e. The molecule has 3 amide bonds. The van der Waals surface area contributed by atoms with Crippen molar-refractivity contribution in [3.05, 3.63) is 72.2 Å². The molecule has 3 heterocycles. The Bertz CT molecular complexity index is 1200. The van der Waals surface area contributed by atoms with Crippen molar-refractivity contribution in [1.29, 1.82) is 0 Å². The molecule has 0 aromatic heterocycles. The largest absolute Gasteiger partial charge is 0.468 e. The maximum absolute atomic E-state index is 13.6. The lowest BCUT2D eigenvalue weighted by atomic mass is 10.1. The Balaban J connectivity index is 1.59. The molecule has 33 heavy (non-hydrogen) atoms. The van der Waals surface area contributed by atoms with Gasteiger partial charge >= 0.3 is 12.0 Å². The fourth-order valence-corrected chi connectivity index (χ4v) is 4.23. The van der Waals surface area contributed by atoms with E-state index in [0.29, 0.717) is 11.6 Å². The summed E-state index contributed by atoms with van der Waals surface area (Å²) in [5.41, 5.74) is 2.26. The first-order valence-electron chi connectivity index (χ1n) is 10.2. The van der Waals surface area contributed by atoms with Gasteiger partial charge in [0, 0.05) is 24.5 Å². The summed E-state index contributed by atoms with van der Waals surface area (Å²) in [4.78, 5) is 48.4. The van der Waals surface area contributed by atoms with Crippen molar-refractivity contribution in [2.45, 2.75) is 12.2 Å². The maximum Gasteiger partial charge on any atom is 0.328 e. The minimum absolute atomic E-state index is 0.374. The van der Waals surface area contributed by atoms with E-state index >= 15 is 0 Å². The van der Waals surface area contributed by atoms with Crippen LogP contribution in [0.3, 0.4) is 0 Å². The van der Waals surface area contributed by atoms with Gasteiger partial charge in [-0.15, -0.1) is 0 Å². The van der Waals surface area contributed by atoms with E-state index < -0.39 is 36.7 Å². The number of amides is 3. The maximum atomic E-state index is 13.6. The summed E-state index contributed by atoms with van der Waals surface area (Å²) < 4.78 is 18.3. The van der Waals surface area contributed by atoms with Gasteiger partial charge in [-0.25, -0.2) is 14.2 Å². The summed E-state index contributed by atoms with van der Waals surface area (Å²) >= 11 is 0. The summed E-state index contributed by atoms with van der Waals surface area (Å²) in [5.74, 6) is -1.18. The molecule has 2 atom stereocenters. The van der Waals surface area contributed by atoms with Crippen LogP contribution in [0.2, 0.25) is 0 Å². The highest BCUT2D eigenvalue weighted by Crippen LogP contribution is 2.39. The highest BCUT2D eigenvalue weighted by molar-refractivity contribution is 6.16. The Morgan fingerprint density at radius 1 is 1.09 bits per heavy atom. The zero-order chi connectivity index (χ0) is 23.3. The van der Waals surface area contributed by atoms with Crippen molar-refractivity contribution < 1.29 is 23.5 Å². The summed E-state index contributed by atoms with van der Waals surface area (Å²) in [6.45, 7) is -0.484. The van der Waals surface area contributed by atoms with Crippen molar-refractivity contribution in [3.63, 3.8) is 0 Å². The van der Waals surface area contributed by atoms with Gasteiger partial charge in [-0.05, 0) is 24.3 Å². The number of likely N-dealkylation sites (N-methyl/N-ethyl adjacent to an activating group) is 1. The van der Waals surface area contributed by atoms with Crippen LogP contribution in [0, 0.1) is 5.82 Å². The van der Waals surface area contributed by atoms with E-state index in [1.54, 1.807) is 23.2 Å². The molecule has 9 nitrogen and oxygen atoms in total. The molecule has 168 valence electrons.